The zero-order chi connectivity index (χ0) is 12.1. The standard InChI is InChI=1S/C14H24O/c1-12(2,3)10-8-11(15)14(7,9-10)13(4,5)6/h8H,9H2,1-7H3/t14-/m1/s1. The van der Waals surface area contributed by atoms with Gasteiger partial charge in [0.1, 0.15) is 0 Å². The van der Waals surface area contributed by atoms with E-state index < -0.39 is 0 Å². The van der Waals surface area contributed by atoms with Gasteiger partial charge in [-0.05, 0) is 23.3 Å². The summed E-state index contributed by atoms with van der Waals surface area (Å²) in [5.74, 6) is 0.305. The minimum absolute atomic E-state index is 0.0353. The summed E-state index contributed by atoms with van der Waals surface area (Å²) < 4.78 is 0. The maximum Gasteiger partial charge on any atom is 0.162 e. The Kier molecular flexibility index (Phi) is 2.66. The molecule has 1 rings (SSSR count). The van der Waals surface area contributed by atoms with E-state index in [1.165, 1.54) is 5.57 Å². The molecule has 1 heteroatoms. The Bertz CT molecular complexity index is 309. The van der Waals surface area contributed by atoms with Gasteiger partial charge >= 0.3 is 0 Å². The summed E-state index contributed by atoms with van der Waals surface area (Å²) >= 11 is 0. The molecule has 15 heavy (non-hydrogen) atoms. The quantitative estimate of drug-likeness (QED) is 0.588. The van der Waals surface area contributed by atoms with Gasteiger partial charge in [0.2, 0.25) is 0 Å². The third-order valence-electron chi connectivity index (χ3n) is 4.01. The molecule has 0 saturated heterocycles. The monoisotopic (exact) mass is 208 g/mol. The first-order valence-corrected chi connectivity index (χ1v) is 5.74. The summed E-state index contributed by atoms with van der Waals surface area (Å²) in [7, 11) is 0. The van der Waals surface area contributed by atoms with E-state index in [2.05, 4.69) is 48.5 Å². The molecule has 1 aliphatic rings. The molecule has 0 aromatic rings. The fourth-order valence-corrected chi connectivity index (χ4v) is 1.95. The predicted molar refractivity (Wildman–Crippen MR) is 64.7 cm³/mol. The van der Waals surface area contributed by atoms with Crippen LogP contribution in [0.3, 0.4) is 0 Å². The largest absolute Gasteiger partial charge is 0.294 e. The number of rotatable bonds is 0. The molecule has 0 saturated carbocycles. The lowest BCUT2D eigenvalue weighted by atomic mass is 9.64. The first-order chi connectivity index (χ1) is 6.48. The SMILES string of the molecule is CC(C)(C)C1=CC(=O)[C@](C)(C(C)(C)C)C1. The maximum absolute atomic E-state index is 12.1. The molecular formula is C14H24O. The van der Waals surface area contributed by atoms with Crippen molar-refractivity contribution in [3.63, 3.8) is 0 Å². The Hall–Kier alpha value is -0.590. The molecule has 0 bridgehead atoms. The van der Waals surface area contributed by atoms with Crippen LogP contribution < -0.4 is 0 Å². The van der Waals surface area contributed by atoms with Gasteiger partial charge in [0.15, 0.2) is 5.78 Å². The van der Waals surface area contributed by atoms with Gasteiger partial charge in [-0.15, -0.1) is 0 Å². The fraction of sp³-hybridized carbons (Fsp3) is 0.786. The van der Waals surface area contributed by atoms with Crippen molar-refractivity contribution in [2.45, 2.75) is 54.9 Å². The molecule has 0 aromatic heterocycles. The van der Waals surface area contributed by atoms with E-state index >= 15 is 0 Å². The van der Waals surface area contributed by atoms with Gasteiger partial charge in [-0.1, -0.05) is 54.0 Å². The third kappa shape index (κ3) is 2.02. The van der Waals surface area contributed by atoms with Crippen LogP contribution in [0.1, 0.15) is 54.9 Å². The van der Waals surface area contributed by atoms with E-state index in [-0.39, 0.29) is 16.2 Å². The molecule has 1 nitrogen and oxygen atoms in total. The molecule has 0 amide bonds. The van der Waals surface area contributed by atoms with Crippen molar-refractivity contribution in [2.75, 3.05) is 0 Å². The van der Waals surface area contributed by atoms with Crippen LogP contribution in [0.5, 0.6) is 0 Å². The molecule has 0 heterocycles. The summed E-state index contributed by atoms with van der Waals surface area (Å²) in [6.07, 6.45) is 2.80. The lowest BCUT2D eigenvalue weighted by molar-refractivity contribution is -0.127. The average Bonchev–Trinajstić information content (AvgIpc) is 2.27. The number of ketones is 1. The highest BCUT2D eigenvalue weighted by atomic mass is 16.1. The highest BCUT2D eigenvalue weighted by Gasteiger charge is 2.48. The predicted octanol–water partition coefficient (Wildman–Crippen LogP) is 3.98. The number of allylic oxidation sites excluding steroid dienone is 2. The molecule has 0 aromatic carbocycles. The van der Waals surface area contributed by atoms with Crippen molar-refractivity contribution < 1.29 is 4.79 Å². The van der Waals surface area contributed by atoms with Crippen molar-refractivity contribution in [3.05, 3.63) is 11.6 Å². The smallest absolute Gasteiger partial charge is 0.162 e. The molecule has 0 N–H and O–H groups in total. The Morgan fingerprint density at radius 2 is 1.60 bits per heavy atom. The number of hydrogen-bond donors (Lipinski definition) is 0. The van der Waals surface area contributed by atoms with Crippen LogP contribution in [0, 0.1) is 16.2 Å². The van der Waals surface area contributed by atoms with E-state index in [4.69, 9.17) is 0 Å². The molecule has 1 aliphatic carbocycles. The molecule has 0 fully saturated rings. The lowest BCUT2D eigenvalue weighted by Gasteiger charge is -2.38. The van der Waals surface area contributed by atoms with E-state index in [9.17, 15) is 4.79 Å². The van der Waals surface area contributed by atoms with E-state index in [0.717, 1.165) is 6.42 Å². The number of carbonyl (C=O) groups is 1. The summed E-state index contributed by atoms with van der Waals surface area (Å²) in [5, 5.41) is 0. The first kappa shape index (κ1) is 12.5. The van der Waals surface area contributed by atoms with Crippen LogP contribution >= 0.6 is 0 Å². The second-order valence-corrected chi connectivity index (χ2v) is 7.04. The van der Waals surface area contributed by atoms with Gasteiger partial charge in [-0.25, -0.2) is 0 Å². The van der Waals surface area contributed by atoms with Crippen molar-refractivity contribution in [1.29, 1.82) is 0 Å². The molecule has 86 valence electrons. The van der Waals surface area contributed by atoms with Gasteiger partial charge in [0, 0.05) is 5.41 Å². The van der Waals surface area contributed by atoms with E-state index in [1.807, 2.05) is 6.08 Å². The summed E-state index contributed by atoms with van der Waals surface area (Å²) in [4.78, 5) is 12.1. The van der Waals surface area contributed by atoms with Crippen LogP contribution in [0.25, 0.3) is 0 Å². The first-order valence-electron chi connectivity index (χ1n) is 5.74. The third-order valence-corrected chi connectivity index (χ3v) is 4.01. The molecule has 0 aliphatic heterocycles. The summed E-state index contributed by atoms with van der Waals surface area (Å²) in [6.45, 7) is 15.1. The second kappa shape index (κ2) is 3.20. The van der Waals surface area contributed by atoms with E-state index in [0.29, 0.717) is 5.78 Å². The van der Waals surface area contributed by atoms with Crippen LogP contribution in [0.15, 0.2) is 11.6 Å². The molecule has 1 atom stereocenters. The Morgan fingerprint density at radius 1 is 1.13 bits per heavy atom. The highest BCUT2D eigenvalue weighted by molar-refractivity contribution is 5.98. The summed E-state index contributed by atoms with van der Waals surface area (Å²) in [5.41, 5.74) is 1.24. The second-order valence-electron chi connectivity index (χ2n) is 7.04. The van der Waals surface area contributed by atoms with Gasteiger partial charge in [0.05, 0.1) is 0 Å². The average molecular weight is 208 g/mol. The molecule has 0 radical (unpaired) electrons. The van der Waals surface area contributed by atoms with Gasteiger partial charge in [-0.2, -0.15) is 0 Å². The van der Waals surface area contributed by atoms with Crippen LogP contribution in [0.4, 0.5) is 0 Å². The Morgan fingerprint density at radius 3 is 1.80 bits per heavy atom. The molecular weight excluding hydrogens is 184 g/mol. The molecule has 0 spiro atoms. The summed E-state index contributed by atoms with van der Waals surface area (Å²) in [6, 6.07) is 0. The van der Waals surface area contributed by atoms with Crippen LogP contribution in [-0.4, -0.2) is 5.78 Å². The normalized spacial score (nSPS) is 28.2. The number of hydrogen-bond acceptors (Lipinski definition) is 1. The minimum Gasteiger partial charge on any atom is -0.294 e. The zero-order valence-corrected chi connectivity index (χ0v) is 11.2. The lowest BCUT2D eigenvalue weighted by Crippen LogP contribution is -2.37. The molecule has 0 unspecified atom stereocenters. The Labute approximate surface area is 93.9 Å². The zero-order valence-electron chi connectivity index (χ0n) is 11.2. The maximum atomic E-state index is 12.1. The highest BCUT2D eigenvalue weighted by Crippen LogP contribution is 2.51. The van der Waals surface area contributed by atoms with Crippen molar-refractivity contribution in [2.24, 2.45) is 16.2 Å². The van der Waals surface area contributed by atoms with Crippen molar-refractivity contribution in [1.82, 2.24) is 0 Å². The van der Waals surface area contributed by atoms with Crippen molar-refractivity contribution >= 4 is 5.78 Å². The topological polar surface area (TPSA) is 17.1 Å². The number of carbonyl (C=O) groups excluding carboxylic acids is 1. The fourth-order valence-electron chi connectivity index (χ4n) is 1.95. The van der Waals surface area contributed by atoms with Gasteiger partial charge in [0.25, 0.3) is 0 Å². The Balaban J connectivity index is 3.04. The van der Waals surface area contributed by atoms with Crippen molar-refractivity contribution in [3.8, 4) is 0 Å². The van der Waals surface area contributed by atoms with Gasteiger partial charge < -0.3 is 0 Å². The van der Waals surface area contributed by atoms with E-state index in [1.54, 1.807) is 0 Å². The minimum atomic E-state index is -0.213. The van der Waals surface area contributed by atoms with Crippen LogP contribution in [-0.2, 0) is 4.79 Å². The van der Waals surface area contributed by atoms with Crippen LogP contribution in [0.2, 0.25) is 0 Å². The van der Waals surface area contributed by atoms with Gasteiger partial charge in [-0.3, -0.25) is 4.79 Å².